The largest absolute Gasteiger partial charge is 0.497 e. The minimum atomic E-state index is -0.379. The second kappa shape index (κ2) is 8.80. The van der Waals surface area contributed by atoms with Gasteiger partial charge in [-0.15, -0.1) is 0 Å². The maximum atomic E-state index is 6.29. The van der Waals surface area contributed by atoms with E-state index in [2.05, 4.69) is 41.4 Å². The number of hydrogen-bond acceptors (Lipinski definition) is 5. The van der Waals surface area contributed by atoms with Gasteiger partial charge < -0.3 is 14.1 Å². The molecule has 5 nitrogen and oxygen atoms in total. The van der Waals surface area contributed by atoms with Crippen molar-refractivity contribution in [2.75, 3.05) is 7.11 Å². The van der Waals surface area contributed by atoms with Crippen molar-refractivity contribution in [3.8, 4) is 17.1 Å². The van der Waals surface area contributed by atoms with E-state index < -0.39 is 0 Å². The molecule has 0 amide bonds. The second-order valence-corrected chi connectivity index (χ2v) is 7.05. The second-order valence-electron chi connectivity index (χ2n) is 7.05. The maximum absolute atomic E-state index is 6.29. The Morgan fingerprint density at radius 3 is 2.69 bits per heavy atom. The fraction of sp³-hybridized carbons (Fsp3) is 0.208. The van der Waals surface area contributed by atoms with Gasteiger partial charge in [0.05, 0.1) is 13.4 Å². The third-order valence-electron chi connectivity index (χ3n) is 5.00. The van der Waals surface area contributed by atoms with Crippen molar-refractivity contribution in [2.24, 2.45) is 10.7 Å². The highest BCUT2D eigenvalue weighted by Crippen LogP contribution is 2.22. The van der Waals surface area contributed by atoms with Crippen LogP contribution in [0.2, 0.25) is 0 Å². The number of methoxy groups -OCH3 is 1. The summed E-state index contributed by atoms with van der Waals surface area (Å²) in [5.41, 5.74) is 10.8. The van der Waals surface area contributed by atoms with E-state index in [-0.39, 0.29) is 6.29 Å². The van der Waals surface area contributed by atoms with Crippen LogP contribution in [0.25, 0.3) is 11.3 Å². The molecule has 0 saturated heterocycles. The average Bonchev–Trinajstić information content (AvgIpc) is 3.29. The van der Waals surface area contributed by atoms with Gasteiger partial charge in [0.1, 0.15) is 11.5 Å². The molecule has 0 saturated carbocycles. The smallest absolute Gasteiger partial charge is 0.173 e. The van der Waals surface area contributed by atoms with Crippen LogP contribution in [-0.2, 0) is 13.0 Å². The van der Waals surface area contributed by atoms with E-state index in [4.69, 9.17) is 14.9 Å². The Labute approximate surface area is 171 Å². The molecule has 2 aromatic carbocycles. The summed E-state index contributed by atoms with van der Waals surface area (Å²) in [5, 5.41) is 0. The zero-order valence-corrected chi connectivity index (χ0v) is 16.5. The van der Waals surface area contributed by atoms with Gasteiger partial charge in [0.25, 0.3) is 0 Å². The van der Waals surface area contributed by atoms with Crippen LogP contribution in [0.1, 0.15) is 17.5 Å². The Morgan fingerprint density at radius 2 is 1.90 bits per heavy atom. The van der Waals surface area contributed by atoms with Crippen molar-refractivity contribution < 1.29 is 9.15 Å². The monoisotopic (exact) mass is 387 g/mol. The molecule has 1 aromatic heterocycles. The molecule has 1 unspecified atom stereocenters. The van der Waals surface area contributed by atoms with Gasteiger partial charge in [0, 0.05) is 24.0 Å². The molecule has 0 radical (unpaired) electrons. The summed E-state index contributed by atoms with van der Waals surface area (Å²) < 4.78 is 10.8. The molecule has 148 valence electrons. The fourth-order valence-electron chi connectivity index (χ4n) is 3.43. The lowest BCUT2D eigenvalue weighted by molar-refractivity contribution is 0.277. The van der Waals surface area contributed by atoms with E-state index in [1.54, 1.807) is 13.4 Å². The van der Waals surface area contributed by atoms with Crippen molar-refractivity contribution >= 4 is 5.71 Å². The van der Waals surface area contributed by atoms with E-state index in [9.17, 15) is 0 Å². The normalized spacial score (nSPS) is 16.0. The molecule has 0 aliphatic carbocycles. The molecular formula is C24H25N3O2. The van der Waals surface area contributed by atoms with Crippen molar-refractivity contribution in [2.45, 2.75) is 25.7 Å². The standard InChI is InChI=1S/C24H25N3O2/c1-28-22-8-3-6-19(16-22)17-27-13-12-21(26-24(27)25)11-10-18-5-2-7-20(15-18)23-9-4-14-29-23/h2-9,12-16,24H,10-11,17,25H2,1H3. The third kappa shape index (κ3) is 4.76. The highest BCUT2D eigenvalue weighted by molar-refractivity contribution is 5.95. The van der Waals surface area contributed by atoms with Gasteiger partial charge in [-0.2, -0.15) is 0 Å². The predicted molar refractivity (Wildman–Crippen MR) is 116 cm³/mol. The van der Waals surface area contributed by atoms with E-state index in [0.717, 1.165) is 41.2 Å². The number of nitrogens with two attached hydrogens (primary N) is 1. The number of ether oxygens (including phenoxy) is 1. The van der Waals surface area contributed by atoms with E-state index in [1.165, 1.54) is 5.56 Å². The van der Waals surface area contributed by atoms with Crippen molar-refractivity contribution in [3.05, 3.63) is 90.3 Å². The Kier molecular flexibility index (Phi) is 5.77. The van der Waals surface area contributed by atoms with Crippen LogP contribution in [0.15, 0.2) is 88.6 Å². The Hall–Kier alpha value is -3.31. The molecule has 0 spiro atoms. The topological polar surface area (TPSA) is 64.0 Å². The number of aryl methyl sites for hydroxylation is 1. The fourth-order valence-corrected chi connectivity index (χ4v) is 3.43. The first kappa shape index (κ1) is 19.0. The van der Waals surface area contributed by atoms with Crippen LogP contribution in [-0.4, -0.2) is 24.0 Å². The first-order chi connectivity index (χ1) is 14.2. The molecule has 0 bridgehead atoms. The summed E-state index contributed by atoms with van der Waals surface area (Å²) in [4.78, 5) is 6.70. The number of allylic oxidation sites excluding steroid dienone is 1. The van der Waals surface area contributed by atoms with Crippen molar-refractivity contribution in [1.29, 1.82) is 0 Å². The van der Waals surface area contributed by atoms with Crippen LogP contribution in [0, 0.1) is 0 Å². The lowest BCUT2D eigenvalue weighted by atomic mass is 10.0. The van der Waals surface area contributed by atoms with Gasteiger partial charge in [0.2, 0.25) is 0 Å². The van der Waals surface area contributed by atoms with Gasteiger partial charge in [-0.1, -0.05) is 30.3 Å². The summed E-state index contributed by atoms with van der Waals surface area (Å²) in [7, 11) is 1.67. The molecule has 1 aliphatic heterocycles. The minimum absolute atomic E-state index is 0.379. The predicted octanol–water partition coefficient (Wildman–Crippen LogP) is 4.60. The molecular weight excluding hydrogens is 362 g/mol. The highest BCUT2D eigenvalue weighted by Gasteiger charge is 2.15. The van der Waals surface area contributed by atoms with Crippen LogP contribution < -0.4 is 10.5 Å². The molecule has 1 atom stereocenters. The van der Waals surface area contributed by atoms with Gasteiger partial charge in [-0.05, 0) is 60.4 Å². The van der Waals surface area contributed by atoms with E-state index in [0.29, 0.717) is 6.54 Å². The SMILES string of the molecule is COc1cccc(CN2C=CC(CCc3cccc(-c4ccco4)c3)=NC2N)c1. The molecule has 1 aliphatic rings. The lowest BCUT2D eigenvalue weighted by Gasteiger charge is -2.28. The molecule has 2 N–H and O–H groups in total. The van der Waals surface area contributed by atoms with Crippen LogP contribution in [0.5, 0.6) is 5.75 Å². The van der Waals surface area contributed by atoms with Gasteiger partial charge in [-0.3, -0.25) is 10.7 Å². The Morgan fingerprint density at radius 1 is 1.03 bits per heavy atom. The van der Waals surface area contributed by atoms with Gasteiger partial charge in [-0.25, -0.2) is 0 Å². The van der Waals surface area contributed by atoms with Gasteiger partial charge in [0.15, 0.2) is 6.29 Å². The first-order valence-electron chi connectivity index (χ1n) is 9.73. The zero-order chi connectivity index (χ0) is 20.1. The lowest BCUT2D eigenvalue weighted by Crippen LogP contribution is -2.39. The number of nitrogens with zero attached hydrogens (tertiary/aromatic N) is 2. The molecule has 2 heterocycles. The third-order valence-corrected chi connectivity index (χ3v) is 5.00. The summed E-state index contributed by atoms with van der Waals surface area (Å²) >= 11 is 0. The number of furan rings is 1. The van der Waals surface area contributed by atoms with Crippen LogP contribution >= 0.6 is 0 Å². The Bertz CT molecular complexity index is 1010. The summed E-state index contributed by atoms with van der Waals surface area (Å²) in [6.07, 6.45) is 7.16. The van der Waals surface area contributed by atoms with E-state index in [1.807, 2.05) is 41.4 Å². The minimum Gasteiger partial charge on any atom is -0.497 e. The van der Waals surface area contributed by atoms with Crippen molar-refractivity contribution in [1.82, 2.24) is 4.90 Å². The van der Waals surface area contributed by atoms with Crippen LogP contribution in [0.3, 0.4) is 0 Å². The number of aliphatic imine (C=N–C) groups is 1. The zero-order valence-electron chi connectivity index (χ0n) is 16.5. The first-order valence-corrected chi connectivity index (χ1v) is 9.73. The molecule has 4 rings (SSSR count). The number of rotatable bonds is 7. The molecule has 3 aromatic rings. The number of benzene rings is 2. The number of hydrogen-bond donors (Lipinski definition) is 1. The van der Waals surface area contributed by atoms with Crippen molar-refractivity contribution in [3.63, 3.8) is 0 Å². The molecule has 0 fully saturated rings. The summed E-state index contributed by atoms with van der Waals surface area (Å²) in [6, 6.07) is 20.3. The molecule has 29 heavy (non-hydrogen) atoms. The van der Waals surface area contributed by atoms with Gasteiger partial charge >= 0.3 is 0 Å². The average molecular weight is 387 g/mol. The quantitative estimate of drug-likeness (QED) is 0.643. The highest BCUT2D eigenvalue weighted by atomic mass is 16.5. The Balaban J connectivity index is 1.36. The summed E-state index contributed by atoms with van der Waals surface area (Å²) in [6.45, 7) is 0.691. The molecule has 5 heteroatoms. The summed E-state index contributed by atoms with van der Waals surface area (Å²) in [5.74, 6) is 1.73. The maximum Gasteiger partial charge on any atom is 0.173 e. The van der Waals surface area contributed by atoms with Crippen LogP contribution in [0.4, 0.5) is 0 Å². The van der Waals surface area contributed by atoms with E-state index >= 15 is 0 Å².